The molecule has 0 aromatic heterocycles. The van der Waals surface area contributed by atoms with Gasteiger partial charge >= 0.3 is 0 Å². The highest BCUT2D eigenvalue weighted by Gasteiger charge is 1.84. The van der Waals surface area contributed by atoms with Crippen LogP contribution in [-0.4, -0.2) is 16.9 Å². The number of hydrogen-bond acceptors (Lipinski definition) is 0. The summed E-state index contributed by atoms with van der Waals surface area (Å²) in [7, 11) is 0.995. The first kappa shape index (κ1) is 5.15. The Morgan fingerprint density at radius 2 is 2.20 bits per heavy atom. The van der Waals surface area contributed by atoms with Gasteiger partial charge in [-0.25, -0.2) is 0 Å². The second-order valence-corrected chi connectivity index (χ2v) is 3.52. The molecule has 0 bridgehead atoms. The summed E-state index contributed by atoms with van der Waals surface area (Å²) in [6.45, 7) is 1.78. The third-order valence-electron chi connectivity index (χ3n) is 0.309. The first-order valence-electron chi connectivity index (χ1n) is 1.83. The van der Waals surface area contributed by atoms with Crippen LogP contribution in [0.2, 0.25) is 5.54 Å². The summed E-state index contributed by atoms with van der Waals surface area (Å²) in [6.07, 6.45) is 0. The summed E-state index contributed by atoms with van der Waals surface area (Å²) < 4.78 is 11.2. The van der Waals surface area contributed by atoms with Gasteiger partial charge in [0.2, 0.25) is 0 Å². The quantitative estimate of drug-likeness (QED) is 0.403. The van der Waals surface area contributed by atoms with Gasteiger partial charge in [-0.3, -0.25) is 4.39 Å². The Morgan fingerprint density at radius 3 is 2.20 bits per heavy atom. The zero-order valence-electron chi connectivity index (χ0n) is 3.66. The minimum absolute atomic E-state index is 0.133. The fourth-order valence-electron chi connectivity index (χ4n) is 0. The Kier molecular flexibility index (Phi) is 2.46. The second kappa shape index (κ2) is 2.39. The lowest BCUT2D eigenvalue weighted by Crippen LogP contribution is -1.83. The molecule has 0 radical (unpaired) electrons. The highest BCUT2D eigenvalue weighted by atomic mass is 28.1. The maximum absolute atomic E-state index is 11.2. The first-order valence-corrected chi connectivity index (χ1v) is 2.98. The zero-order valence-corrected chi connectivity index (χ0v) is 5.66. The average Bonchev–Trinajstić information content (AvgIpc) is 1.38. The molecule has 0 aromatic rings. The summed E-state index contributed by atoms with van der Waals surface area (Å²) in [5.74, 6) is 0. The van der Waals surface area contributed by atoms with Gasteiger partial charge in [0, 0.05) is 10.2 Å². The lowest BCUT2D eigenvalue weighted by molar-refractivity contribution is 0.487. The molecule has 0 aliphatic rings. The molecule has 0 aliphatic carbocycles. The molecule has 0 heterocycles. The van der Waals surface area contributed by atoms with Crippen LogP contribution in [0.4, 0.5) is 4.39 Å². The fraction of sp³-hybridized carbons (Fsp3) is 1.00. The maximum Gasteiger partial charge on any atom is 0.0887 e. The van der Waals surface area contributed by atoms with Crippen molar-refractivity contribution in [3.63, 3.8) is 0 Å². The third-order valence-corrected chi connectivity index (χ3v) is 0.617. The first-order chi connectivity index (χ1) is 2.27. The maximum atomic E-state index is 11.2. The summed E-state index contributed by atoms with van der Waals surface area (Å²) >= 11 is 0. The smallest absolute Gasteiger partial charge is 0.0887 e. The largest absolute Gasteiger partial charge is 0.251 e. The van der Waals surface area contributed by atoms with E-state index in [1.807, 2.05) is 6.92 Å². The van der Waals surface area contributed by atoms with Crippen molar-refractivity contribution in [2.24, 2.45) is 0 Å². The molecule has 5 heavy (non-hydrogen) atoms. The van der Waals surface area contributed by atoms with E-state index >= 15 is 0 Å². The van der Waals surface area contributed by atoms with Crippen molar-refractivity contribution in [2.75, 3.05) is 6.67 Å². The minimum Gasteiger partial charge on any atom is -0.251 e. The van der Waals surface area contributed by atoms with Crippen LogP contribution >= 0.6 is 0 Å². The van der Waals surface area contributed by atoms with Gasteiger partial charge in [-0.2, -0.15) is 0 Å². The highest BCUT2D eigenvalue weighted by Crippen LogP contribution is 1.91. The molecular weight excluding hydrogens is 83.1 g/mol. The Balaban J connectivity index is 2.54. The van der Waals surface area contributed by atoms with E-state index in [2.05, 4.69) is 0 Å². The third kappa shape index (κ3) is 4.15. The van der Waals surface area contributed by atoms with Gasteiger partial charge in [-0.1, -0.05) is 6.92 Å². The van der Waals surface area contributed by atoms with E-state index in [-0.39, 0.29) is 6.67 Å². The standard InChI is InChI=1S/C3H9FSi/c1-3(5)2-4/h3H,2H2,1,5H3. The van der Waals surface area contributed by atoms with Crippen molar-refractivity contribution in [3.8, 4) is 0 Å². The Labute approximate surface area is 34.8 Å². The molecule has 0 fully saturated rings. The van der Waals surface area contributed by atoms with Crippen molar-refractivity contribution in [1.29, 1.82) is 0 Å². The van der Waals surface area contributed by atoms with Crippen LogP contribution in [-0.2, 0) is 0 Å². The average molecular weight is 92.2 g/mol. The van der Waals surface area contributed by atoms with E-state index in [9.17, 15) is 4.39 Å². The van der Waals surface area contributed by atoms with Crippen molar-refractivity contribution >= 4 is 10.2 Å². The second-order valence-electron chi connectivity index (χ2n) is 1.55. The van der Waals surface area contributed by atoms with E-state index in [4.69, 9.17) is 0 Å². The molecule has 32 valence electrons. The summed E-state index contributed by atoms with van der Waals surface area (Å²) in [5, 5.41) is 0. The minimum atomic E-state index is -0.133. The van der Waals surface area contributed by atoms with Crippen LogP contribution in [0.1, 0.15) is 6.92 Å². The van der Waals surface area contributed by atoms with Gasteiger partial charge < -0.3 is 0 Å². The monoisotopic (exact) mass is 92.0 g/mol. The number of halogens is 1. The van der Waals surface area contributed by atoms with Crippen molar-refractivity contribution in [2.45, 2.75) is 12.5 Å². The Hall–Kier alpha value is 0.147. The summed E-state index contributed by atoms with van der Waals surface area (Å²) in [4.78, 5) is 0. The molecule has 0 saturated heterocycles. The summed E-state index contributed by atoms with van der Waals surface area (Å²) in [5.41, 5.74) is 0.356. The van der Waals surface area contributed by atoms with Crippen molar-refractivity contribution < 1.29 is 4.39 Å². The van der Waals surface area contributed by atoms with Gasteiger partial charge in [0.05, 0.1) is 6.67 Å². The van der Waals surface area contributed by atoms with Gasteiger partial charge in [0.25, 0.3) is 0 Å². The molecule has 0 aliphatic heterocycles. The molecule has 0 nitrogen and oxygen atoms in total. The van der Waals surface area contributed by atoms with E-state index in [1.54, 1.807) is 0 Å². The SMILES string of the molecule is CC([SiH3])CF. The zero-order chi connectivity index (χ0) is 4.28. The van der Waals surface area contributed by atoms with E-state index in [1.165, 1.54) is 0 Å². The molecule has 0 rings (SSSR count). The molecular formula is C3H9FSi. The number of alkyl halides is 1. The Bertz CT molecular complexity index is 20.9. The van der Waals surface area contributed by atoms with Crippen molar-refractivity contribution in [1.82, 2.24) is 0 Å². The van der Waals surface area contributed by atoms with E-state index < -0.39 is 0 Å². The van der Waals surface area contributed by atoms with Gasteiger partial charge in [-0.15, -0.1) is 0 Å². The van der Waals surface area contributed by atoms with Crippen molar-refractivity contribution in [3.05, 3.63) is 0 Å². The highest BCUT2D eigenvalue weighted by molar-refractivity contribution is 6.11. The molecule has 2 heteroatoms. The van der Waals surface area contributed by atoms with E-state index in [0.717, 1.165) is 10.2 Å². The van der Waals surface area contributed by atoms with Crippen LogP contribution in [0.25, 0.3) is 0 Å². The van der Waals surface area contributed by atoms with Gasteiger partial charge in [0.15, 0.2) is 0 Å². The molecule has 1 atom stereocenters. The van der Waals surface area contributed by atoms with Crippen LogP contribution in [0.15, 0.2) is 0 Å². The molecule has 1 unspecified atom stereocenters. The van der Waals surface area contributed by atoms with Crippen LogP contribution in [0.5, 0.6) is 0 Å². The number of rotatable bonds is 1. The topological polar surface area (TPSA) is 0 Å². The molecule has 0 amide bonds. The summed E-state index contributed by atoms with van der Waals surface area (Å²) in [6, 6.07) is 0. The fourth-order valence-corrected chi connectivity index (χ4v) is 0. The molecule has 0 N–H and O–H groups in total. The lowest BCUT2D eigenvalue weighted by Gasteiger charge is -1.87. The molecule has 0 saturated carbocycles. The van der Waals surface area contributed by atoms with Crippen LogP contribution in [0.3, 0.4) is 0 Å². The molecule has 0 spiro atoms. The van der Waals surface area contributed by atoms with Gasteiger partial charge in [0.1, 0.15) is 0 Å². The normalized spacial score (nSPS) is 15.6. The van der Waals surface area contributed by atoms with Crippen LogP contribution < -0.4 is 0 Å². The van der Waals surface area contributed by atoms with E-state index in [0.29, 0.717) is 5.54 Å². The number of hydrogen-bond donors (Lipinski definition) is 0. The van der Waals surface area contributed by atoms with Crippen LogP contribution in [0, 0.1) is 0 Å². The lowest BCUT2D eigenvalue weighted by atomic mass is 10.5. The molecule has 0 aromatic carbocycles. The predicted octanol–water partition coefficient (Wildman–Crippen LogP) is 0.130. The predicted molar refractivity (Wildman–Crippen MR) is 25.3 cm³/mol. The van der Waals surface area contributed by atoms with Gasteiger partial charge in [-0.05, 0) is 5.54 Å². The Morgan fingerprint density at radius 1 is 2.00 bits per heavy atom.